The number of para-hydroxylation sites is 1. The molecule has 2 aromatic rings. The summed E-state index contributed by atoms with van der Waals surface area (Å²) in [5.41, 5.74) is 2.48. The molecule has 3 N–H and O–H groups in total. The summed E-state index contributed by atoms with van der Waals surface area (Å²) in [5, 5.41) is 21.5. The fourth-order valence-corrected chi connectivity index (χ4v) is 2.27. The van der Waals surface area contributed by atoms with Crippen LogP contribution in [0.3, 0.4) is 0 Å². The van der Waals surface area contributed by atoms with Crippen LogP contribution in [-0.2, 0) is 11.2 Å². The number of likely N-dealkylation sites (N-methyl/N-ethyl adjacent to an activating group) is 1. The Morgan fingerprint density at radius 3 is 2.48 bits per heavy atom. The number of hydrogen-bond acceptors (Lipinski definition) is 4. The summed E-state index contributed by atoms with van der Waals surface area (Å²) in [6, 6.07) is 14.5. The summed E-state index contributed by atoms with van der Waals surface area (Å²) < 4.78 is 0. The van der Waals surface area contributed by atoms with E-state index in [-0.39, 0.29) is 18.3 Å². The number of nitrogens with one attached hydrogen (secondary N) is 1. The molecule has 0 aliphatic heterocycles. The van der Waals surface area contributed by atoms with Gasteiger partial charge in [-0.3, -0.25) is 4.79 Å². The zero-order valence-corrected chi connectivity index (χ0v) is 13.2. The number of aryl methyl sites for hydroxylation is 1. The number of phenolic OH excluding ortho intramolecular Hbond substituents is 1. The van der Waals surface area contributed by atoms with Gasteiger partial charge in [-0.05, 0) is 42.3 Å². The van der Waals surface area contributed by atoms with Gasteiger partial charge in [-0.1, -0.05) is 18.2 Å². The van der Waals surface area contributed by atoms with Crippen LogP contribution in [0.1, 0.15) is 12.0 Å². The second-order valence-electron chi connectivity index (χ2n) is 5.37. The molecule has 0 aromatic heterocycles. The summed E-state index contributed by atoms with van der Waals surface area (Å²) in [7, 11) is 1.90. The van der Waals surface area contributed by atoms with Crippen LogP contribution in [0.2, 0.25) is 0 Å². The first-order chi connectivity index (χ1) is 11.1. The smallest absolute Gasteiger partial charge is 0.224 e. The maximum atomic E-state index is 12.0. The molecular weight excluding hydrogens is 292 g/mol. The Balaban J connectivity index is 1.87. The highest BCUT2D eigenvalue weighted by Gasteiger charge is 2.06. The topological polar surface area (TPSA) is 72.8 Å². The Morgan fingerprint density at radius 1 is 1.13 bits per heavy atom. The lowest BCUT2D eigenvalue weighted by Gasteiger charge is -2.18. The monoisotopic (exact) mass is 314 g/mol. The maximum absolute atomic E-state index is 12.0. The van der Waals surface area contributed by atoms with Gasteiger partial charge < -0.3 is 20.4 Å². The molecule has 0 spiro atoms. The van der Waals surface area contributed by atoms with Crippen LogP contribution in [0.4, 0.5) is 11.4 Å². The average molecular weight is 314 g/mol. The fourth-order valence-electron chi connectivity index (χ4n) is 2.27. The van der Waals surface area contributed by atoms with E-state index in [1.807, 2.05) is 48.3 Å². The van der Waals surface area contributed by atoms with E-state index in [9.17, 15) is 9.90 Å². The molecule has 122 valence electrons. The number of rotatable bonds is 7. The molecule has 0 radical (unpaired) electrons. The Hall–Kier alpha value is -2.53. The predicted octanol–water partition coefficient (Wildman–Crippen LogP) is 2.39. The van der Waals surface area contributed by atoms with Crippen molar-refractivity contribution in [2.75, 3.05) is 30.4 Å². The summed E-state index contributed by atoms with van der Waals surface area (Å²) >= 11 is 0. The summed E-state index contributed by atoms with van der Waals surface area (Å²) in [6.45, 7) is 0.660. The van der Waals surface area contributed by atoms with Crippen molar-refractivity contribution in [1.29, 1.82) is 0 Å². The van der Waals surface area contributed by atoms with Gasteiger partial charge in [0.1, 0.15) is 5.75 Å². The van der Waals surface area contributed by atoms with E-state index in [0.29, 0.717) is 19.4 Å². The number of carbonyl (C=O) groups is 1. The number of phenols is 1. The van der Waals surface area contributed by atoms with Crippen molar-refractivity contribution < 1.29 is 15.0 Å². The zero-order chi connectivity index (χ0) is 16.7. The number of aromatic hydroxyl groups is 1. The number of carbonyl (C=O) groups excluding carboxylic acids is 1. The minimum atomic E-state index is -0.0929. The lowest BCUT2D eigenvalue weighted by Crippen LogP contribution is -2.21. The van der Waals surface area contributed by atoms with Crippen LogP contribution in [0, 0.1) is 0 Å². The summed E-state index contributed by atoms with van der Waals surface area (Å²) in [4.78, 5) is 13.9. The molecule has 0 unspecified atom stereocenters. The second-order valence-corrected chi connectivity index (χ2v) is 5.37. The highest BCUT2D eigenvalue weighted by Crippen LogP contribution is 2.19. The van der Waals surface area contributed by atoms with Gasteiger partial charge in [0.2, 0.25) is 5.91 Å². The number of hydrogen-bond donors (Lipinski definition) is 3. The van der Waals surface area contributed by atoms with Crippen LogP contribution in [0.5, 0.6) is 5.75 Å². The second kappa shape index (κ2) is 8.19. The molecule has 23 heavy (non-hydrogen) atoms. The van der Waals surface area contributed by atoms with E-state index in [0.717, 1.165) is 16.9 Å². The first-order valence-corrected chi connectivity index (χ1v) is 7.59. The number of aliphatic hydroxyl groups is 1. The van der Waals surface area contributed by atoms with Gasteiger partial charge >= 0.3 is 0 Å². The van der Waals surface area contributed by atoms with Crippen molar-refractivity contribution in [3.05, 3.63) is 54.1 Å². The van der Waals surface area contributed by atoms with Crippen molar-refractivity contribution in [3.63, 3.8) is 0 Å². The van der Waals surface area contributed by atoms with Gasteiger partial charge in [-0.25, -0.2) is 0 Å². The van der Waals surface area contributed by atoms with Crippen molar-refractivity contribution in [2.45, 2.75) is 12.8 Å². The molecule has 0 saturated heterocycles. The van der Waals surface area contributed by atoms with E-state index in [1.165, 1.54) is 0 Å². The molecule has 0 heterocycles. The first-order valence-electron chi connectivity index (χ1n) is 7.59. The molecule has 2 rings (SSSR count). The molecule has 5 nitrogen and oxygen atoms in total. The molecule has 0 saturated carbocycles. The quantitative estimate of drug-likeness (QED) is 0.734. The van der Waals surface area contributed by atoms with Gasteiger partial charge in [-0.15, -0.1) is 0 Å². The van der Waals surface area contributed by atoms with Gasteiger partial charge in [0, 0.05) is 31.4 Å². The van der Waals surface area contributed by atoms with Crippen LogP contribution in [-0.4, -0.2) is 36.3 Å². The lowest BCUT2D eigenvalue weighted by molar-refractivity contribution is -0.116. The molecule has 0 fully saturated rings. The van der Waals surface area contributed by atoms with E-state index in [2.05, 4.69) is 5.32 Å². The molecule has 0 aliphatic rings. The van der Waals surface area contributed by atoms with E-state index < -0.39 is 0 Å². The van der Waals surface area contributed by atoms with Crippen LogP contribution in [0.25, 0.3) is 0 Å². The van der Waals surface area contributed by atoms with Crippen molar-refractivity contribution >= 4 is 17.3 Å². The minimum Gasteiger partial charge on any atom is -0.508 e. The van der Waals surface area contributed by atoms with Gasteiger partial charge in [0.15, 0.2) is 0 Å². The Kier molecular flexibility index (Phi) is 6.00. The number of amides is 1. The SMILES string of the molecule is CN(CCO)c1ccc(NC(=O)CCc2ccccc2O)cc1. The highest BCUT2D eigenvalue weighted by atomic mass is 16.3. The first kappa shape index (κ1) is 16.8. The van der Waals surface area contributed by atoms with Crippen LogP contribution < -0.4 is 10.2 Å². The number of nitrogens with zero attached hydrogens (tertiary/aromatic N) is 1. The lowest BCUT2D eigenvalue weighted by atomic mass is 10.1. The third-order valence-corrected chi connectivity index (χ3v) is 3.64. The highest BCUT2D eigenvalue weighted by molar-refractivity contribution is 5.91. The van der Waals surface area contributed by atoms with Crippen molar-refractivity contribution in [1.82, 2.24) is 0 Å². The zero-order valence-electron chi connectivity index (χ0n) is 13.2. The summed E-state index contributed by atoms with van der Waals surface area (Å²) in [5.74, 6) is 0.126. The molecule has 5 heteroatoms. The van der Waals surface area contributed by atoms with E-state index in [4.69, 9.17) is 5.11 Å². The molecule has 1 amide bonds. The third kappa shape index (κ3) is 5.00. The van der Waals surface area contributed by atoms with Gasteiger partial charge in [-0.2, -0.15) is 0 Å². The van der Waals surface area contributed by atoms with Crippen molar-refractivity contribution in [2.24, 2.45) is 0 Å². The number of aliphatic hydroxyl groups excluding tert-OH is 1. The Labute approximate surface area is 136 Å². The Bertz CT molecular complexity index is 641. The Morgan fingerprint density at radius 2 is 1.83 bits per heavy atom. The molecule has 0 aliphatic carbocycles. The van der Waals surface area contributed by atoms with Crippen LogP contribution in [0.15, 0.2) is 48.5 Å². The largest absolute Gasteiger partial charge is 0.508 e. The van der Waals surface area contributed by atoms with Crippen LogP contribution >= 0.6 is 0 Å². The van der Waals surface area contributed by atoms with E-state index in [1.54, 1.807) is 12.1 Å². The van der Waals surface area contributed by atoms with Gasteiger partial charge in [0.05, 0.1) is 6.61 Å². The minimum absolute atomic E-state index is 0.0929. The third-order valence-electron chi connectivity index (χ3n) is 3.64. The molecular formula is C18H22N2O3. The van der Waals surface area contributed by atoms with Crippen molar-refractivity contribution in [3.8, 4) is 5.75 Å². The maximum Gasteiger partial charge on any atom is 0.224 e. The van der Waals surface area contributed by atoms with Gasteiger partial charge in [0.25, 0.3) is 0 Å². The number of anilines is 2. The molecule has 0 bridgehead atoms. The predicted molar refractivity (Wildman–Crippen MR) is 91.9 cm³/mol. The summed E-state index contributed by atoms with van der Waals surface area (Å²) in [6.07, 6.45) is 0.805. The van der Waals surface area contributed by atoms with E-state index >= 15 is 0 Å². The molecule has 0 atom stereocenters. The molecule has 2 aromatic carbocycles. The number of benzene rings is 2. The average Bonchev–Trinajstić information content (AvgIpc) is 2.55. The fraction of sp³-hybridized carbons (Fsp3) is 0.278. The normalized spacial score (nSPS) is 10.3. The standard InChI is InChI=1S/C18H22N2O3/c1-20(12-13-21)16-9-7-15(8-10-16)19-18(23)11-6-14-4-2-3-5-17(14)22/h2-5,7-10,21-22H,6,11-13H2,1H3,(H,19,23).